The molecular weight excluding hydrogens is 200 g/mol. The summed E-state index contributed by atoms with van der Waals surface area (Å²) in [6, 6.07) is 0. The van der Waals surface area contributed by atoms with Crippen LogP contribution in [0.4, 0.5) is 0 Å². The number of rotatable bonds is 1. The third-order valence-electron chi connectivity index (χ3n) is 3.83. The predicted molar refractivity (Wildman–Crippen MR) is 63.2 cm³/mol. The highest BCUT2D eigenvalue weighted by Crippen LogP contribution is 2.29. The zero-order chi connectivity index (χ0) is 11.0. The van der Waals surface area contributed by atoms with E-state index in [0.29, 0.717) is 5.92 Å². The van der Waals surface area contributed by atoms with E-state index in [4.69, 9.17) is 5.73 Å². The molecule has 88 valence electrons. The maximum Gasteiger partial charge on any atom is 0.114 e. The summed E-state index contributed by atoms with van der Waals surface area (Å²) in [5, 5.41) is 3.45. The van der Waals surface area contributed by atoms with Gasteiger partial charge < -0.3 is 15.6 Å². The van der Waals surface area contributed by atoms with E-state index in [1.807, 2.05) is 6.20 Å². The second-order valence-corrected chi connectivity index (χ2v) is 4.98. The molecule has 0 bridgehead atoms. The molecule has 2 unspecified atom stereocenters. The minimum absolute atomic E-state index is 0.156. The van der Waals surface area contributed by atoms with Crippen molar-refractivity contribution in [1.82, 2.24) is 14.9 Å². The number of nitrogens with zero attached hydrogens (tertiary/aromatic N) is 2. The van der Waals surface area contributed by atoms with Crippen LogP contribution in [0.5, 0.6) is 0 Å². The number of hydrogen-bond donors (Lipinski definition) is 2. The van der Waals surface area contributed by atoms with Crippen LogP contribution in [-0.2, 0) is 6.42 Å². The molecule has 1 fully saturated rings. The first-order valence-electron chi connectivity index (χ1n) is 6.38. The zero-order valence-electron chi connectivity index (χ0n) is 9.65. The predicted octanol–water partition coefficient (Wildman–Crippen LogP) is 1.14. The molecule has 0 amide bonds. The number of nitrogens with two attached hydrogens (primary N) is 1. The number of fused-ring (bicyclic) bond motifs is 1. The molecule has 2 aliphatic rings. The highest BCUT2D eigenvalue weighted by Gasteiger charge is 2.26. The van der Waals surface area contributed by atoms with Gasteiger partial charge in [-0.3, -0.25) is 0 Å². The van der Waals surface area contributed by atoms with Crippen LogP contribution >= 0.6 is 0 Å². The minimum Gasteiger partial charge on any atom is -0.316 e. The Labute approximate surface area is 96.2 Å². The van der Waals surface area contributed by atoms with Crippen LogP contribution in [0.1, 0.15) is 49.3 Å². The van der Waals surface area contributed by atoms with Gasteiger partial charge >= 0.3 is 0 Å². The Hall–Kier alpha value is -0.870. The quantitative estimate of drug-likeness (QED) is 0.746. The topological polar surface area (TPSA) is 55.9 Å². The molecule has 0 saturated carbocycles. The van der Waals surface area contributed by atoms with Gasteiger partial charge in [0.2, 0.25) is 0 Å². The lowest BCUT2D eigenvalue weighted by Crippen LogP contribution is -2.33. The Morgan fingerprint density at radius 1 is 1.38 bits per heavy atom. The first kappa shape index (κ1) is 10.3. The fraction of sp³-hybridized carbons (Fsp3) is 0.750. The molecule has 2 aliphatic heterocycles. The summed E-state index contributed by atoms with van der Waals surface area (Å²) in [5.41, 5.74) is 7.53. The van der Waals surface area contributed by atoms with Gasteiger partial charge in [0.05, 0.1) is 6.17 Å². The summed E-state index contributed by atoms with van der Waals surface area (Å²) in [4.78, 5) is 4.61. The molecule has 1 aromatic heterocycles. The Morgan fingerprint density at radius 2 is 2.31 bits per heavy atom. The lowest BCUT2D eigenvalue weighted by atomic mass is 9.98. The van der Waals surface area contributed by atoms with Crippen LogP contribution in [0.15, 0.2) is 6.20 Å². The molecule has 0 radical (unpaired) electrons. The summed E-state index contributed by atoms with van der Waals surface area (Å²) in [5.74, 6) is 1.78. The van der Waals surface area contributed by atoms with E-state index in [-0.39, 0.29) is 6.17 Å². The van der Waals surface area contributed by atoms with Crippen molar-refractivity contribution in [2.24, 2.45) is 5.73 Å². The monoisotopic (exact) mass is 220 g/mol. The Morgan fingerprint density at radius 3 is 3.12 bits per heavy atom. The van der Waals surface area contributed by atoms with Gasteiger partial charge in [-0.2, -0.15) is 0 Å². The number of piperidine rings is 1. The van der Waals surface area contributed by atoms with Crippen LogP contribution in [0.2, 0.25) is 0 Å². The molecule has 3 rings (SSSR count). The van der Waals surface area contributed by atoms with E-state index in [2.05, 4.69) is 14.9 Å². The van der Waals surface area contributed by atoms with Crippen molar-refractivity contribution in [2.75, 3.05) is 13.1 Å². The van der Waals surface area contributed by atoms with Crippen molar-refractivity contribution in [3.05, 3.63) is 17.7 Å². The molecule has 0 aliphatic carbocycles. The van der Waals surface area contributed by atoms with E-state index < -0.39 is 0 Å². The second kappa shape index (κ2) is 4.18. The molecule has 2 atom stereocenters. The van der Waals surface area contributed by atoms with Crippen molar-refractivity contribution in [2.45, 2.75) is 44.2 Å². The number of hydrogen-bond acceptors (Lipinski definition) is 3. The maximum atomic E-state index is 6.20. The minimum atomic E-state index is 0.156. The zero-order valence-corrected chi connectivity index (χ0v) is 9.65. The summed E-state index contributed by atoms with van der Waals surface area (Å²) >= 11 is 0. The highest BCUT2D eigenvalue weighted by atomic mass is 15.2. The standard InChI is InChI=1S/C12H20N4/c13-11-5-1-4-10-8-15-12(16(10)11)9-3-2-6-14-7-9/h8-9,11,14H,1-7,13H2. The van der Waals surface area contributed by atoms with E-state index in [0.717, 1.165) is 25.9 Å². The molecule has 1 saturated heterocycles. The van der Waals surface area contributed by atoms with Crippen molar-refractivity contribution in [3.63, 3.8) is 0 Å². The van der Waals surface area contributed by atoms with Crippen molar-refractivity contribution in [1.29, 1.82) is 0 Å². The average Bonchev–Trinajstić information content (AvgIpc) is 2.75. The fourth-order valence-electron chi connectivity index (χ4n) is 2.98. The SMILES string of the molecule is NC1CCCc2cnc(C3CCCNC3)n21. The molecule has 4 heteroatoms. The number of aromatic nitrogens is 2. The summed E-state index contributed by atoms with van der Waals surface area (Å²) in [6.45, 7) is 2.21. The van der Waals surface area contributed by atoms with Crippen LogP contribution < -0.4 is 11.1 Å². The lowest BCUT2D eigenvalue weighted by molar-refractivity contribution is 0.368. The molecular formula is C12H20N4. The van der Waals surface area contributed by atoms with Gasteiger partial charge in [0.1, 0.15) is 5.82 Å². The smallest absolute Gasteiger partial charge is 0.114 e. The van der Waals surface area contributed by atoms with Crippen LogP contribution in [0.3, 0.4) is 0 Å². The molecule has 0 spiro atoms. The molecule has 16 heavy (non-hydrogen) atoms. The maximum absolute atomic E-state index is 6.20. The van der Waals surface area contributed by atoms with Crippen molar-refractivity contribution >= 4 is 0 Å². The fourth-order valence-corrected chi connectivity index (χ4v) is 2.98. The Bertz CT molecular complexity index is 365. The summed E-state index contributed by atoms with van der Waals surface area (Å²) < 4.78 is 2.29. The van der Waals surface area contributed by atoms with Gasteiger partial charge in [-0.15, -0.1) is 0 Å². The van der Waals surface area contributed by atoms with Crippen LogP contribution in [-0.4, -0.2) is 22.6 Å². The lowest BCUT2D eigenvalue weighted by Gasteiger charge is -2.28. The highest BCUT2D eigenvalue weighted by molar-refractivity contribution is 5.14. The number of imidazole rings is 1. The van der Waals surface area contributed by atoms with Gasteiger partial charge in [-0.1, -0.05) is 0 Å². The Balaban J connectivity index is 1.91. The van der Waals surface area contributed by atoms with Crippen LogP contribution in [0.25, 0.3) is 0 Å². The van der Waals surface area contributed by atoms with E-state index in [1.54, 1.807) is 0 Å². The van der Waals surface area contributed by atoms with Crippen molar-refractivity contribution < 1.29 is 0 Å². The summed E-state index contributed by atoms with van der Waals surface area (Å²) in [6.07, 6.45) is 8.12. The number of aryl methyl sites for hydroxylation is 1. The van der Waals surface area contributed by atoms with Gasteiger partial charge in [0, 0.05) is 24.4 Å². The first-order chi connectivity index (χ1) is 7.86. The van der Waals surface area contributed by atoms with Crippen molar-refractivity contribution in [3.8, 4) is 0 Å². The van der Waals surface area contributed by atoms with Crippen LogP contribution in [0, 0.1) is 0 Å². The normalized spacial score (nSPS) is 30.1. The second-order valence-electron chi connectivity index (χ2n) is 4.98. The van der Waals surface area contributed by atoms with Gasteiger partial charge in [-0.25, -0.2) is 4.98 Å². The molecule has 3 heterocycles. The molecule has 0 aromatic carbocycles. The third kappa shape index (κ3) is 1.66. The van der Waals surface area contributed by atoms with E-state index in [9.17, 15) is 0 Å². The van der Waals surface area contributed by atoms with Gasteiger partial charge in [-0.05, 0) is 38.6 Å². The molecule has 3 N–H and O–H groups in total. The largest absolute Gasteiger partial charge is 0.316 e. The van der Waals surface area contributed by atoms with Gasteiger partial charge in [0.15, 0.2) is 0 Å². The first-order valence-corrected chi connectivity index (χ1v) is 6.38. The Kier molecular flexibility index (Phi) is 2.69. The average molecular weight is 220 g/mol. The molecule has 1 aromatic rings. The summed E-state index contributed by atoms with van der Waals surface area (Å²) in [7, 11) is 0. The van der Waals surface area contributed by atoms with Gasteiger partial charge in [0.25, 0.3) is 0 Å². The van der Waals surface area contributed by atoms with E-state index >= 15 is 0 Å². The third-order valence-corrected chi connectivity index (χ3v) is 3.83. The molecule has 4 nitrogen and oxygen atoms in total. The number of nitrogens with one attached hydrogen (secondary N) is 1. The van der Waals surface area contributed by atoms with E-state index in [1.165, 1.54) is 30.8 Å².